The number of nitrogens with zero attached hydrogens (tertiary/aromatic N) is 1. The third-order valence-corrected chi connectivity index (χ3v) is 9.48. The van der Waals surface area contributed by atoms with Crippen molar-refractivity contribution in [2.75, 3.05) is 0 Å². The molecule has 10 rings (SSSR count). The van der Waals surface area contributed by atoms with Gasteiger partial charge in [-0.05, 0) is 80.5 Å². The molecule has 1 N–H and O–H groups in total. The average molecular weight is 559 g/mol. The lowest BCUT2D eigenvalue weighted by Crippen LogP contribution is -1.96. The van der Waals surface area contributed by atoms with Crippen LogP contribution < -0.4 is 0 Å². The van der Waals surface area contributed by atoms with Gasteiger partial charge in [-0.1, -0.05) is 109 Å². The molecule has 0 saturated carbocycles. The van der Waals surface area contributed by atoms with E-state index in [0.29, 0.717) is 0 Å². The molecular formula is C42H26N2. The summed E-state index contributed by atoms with van der Waals surface area (Å²) >= 11 is 0. The molecule has 2 heterocycles. The van der Waals surface area contributed by atoms with Crippen LogP contribution in [0.3, 0.4) is 0 Å². The second kappa shape index (κ2) is 8.82. The first-order valence-electron chi connectivity index (χ1n) is 15.2. The van der Waals surface area contributed by atoms with Gasteiger partial charge in [0.1, 0.15) is 0 Å². The zero-order valence-corrected chi connectivity index (χ0v) is 23.9. The van der Waals surface area contributed by atoms with Crippen molar-refractivity contribution in [1.29, 1.82) is 0 Å². The van der Waals surface area contributed by atoms with Crippen LogP contribution in [0.5, 0.6) is 0 Å². The monoisotopic (exact) mass is 558 g/mol. The lowest BCUT2D eigenvalue weighted by Gasteiger charge is -2.14. The minimum atomic E-state index is 1.17. The molecule has 0 fully saturated rings. The fraction of sp³-hybridized carbons (Fsp3) is 0. The van der Waals surface area contributed by atoms with Gasteiger partial charge in [-0.3, -0.25) is 0 Å². The molecule has 0 unspecified atom stereocenters. The van der Waals surface area contributed by atoms with E-state index in [-0.39, 0.29) is 0 Å². The van der Waals surface area contributed by atoms with Gasteiger partial charge in [0.05, 0.1) is 16.7 Å². The highest BCUT2D eigenvalue weighted by Gasteiger charge is 2.18. The summed E-state index contributed by atoms with van der Waals surface area (Å²) < 4.78 is 2.48. The smallest absolute Gasteiger partial charge is 0.0547 e. The number of nitrogens with one attached hydrogen (secondary N) is 1. The molecule has 2 aromatic heterocycles. The van der Waals surface area contributed by atoms with Gasteiger partial charge in [-0.25, -0.2) is 0 Å². The Morgan fingerprint density at radius 3 is 1.80 bits per heavy atom. The van der Waals surface area contributed by atoms with E-state index < -0.39 is 0 Å². The quantitative estimate of drug-likeness (QED) is 0.204. The third-order valence-electron chi connectivity index (χ3n) is 9.48. The summed E-state index contributed by atoms with van der Waals surface area (Å²) in [5.41, 5.74) is 8.44. The number of para-hydroxylation sites is 1. The van der Waals surface area contributed by atoms with E-state index in [1.807, 2.05) is 0 Å². The van der Waals surface area contributed by atoms with E-state index in [4.69, 9.17) is 0 Å². The van der Waals surface area contributed by atoms with E-state index in [9.17, 15) is 0 Å². The molecule has 2 heteroatoms. The Labute approximate surface area is 253 Å². The third kappa shape index (κ3) is 3.25. The van der Waals surface area contributed by atoms with E-state index >= 15 is 0 Å². The molecule has 0 radical (unpaired) electrons. The molecule has 0 amide bonds. The largest absolute Gasteiger partial charge is 0.355 e. The number of benzene rings is 8. The fourth-order valence-corrected chi connectivity index (χ4v) is 7.48. The van der Waals surface area contributed by atoms with Crippen molar-refractivity contribution in [1.82, 2.24) is 9.55 Å². The van der Waals surface area contributed by atoms with E-state index in [0.717, 1.165) is 0 Å². The Hall–Kier alpha value is -5.86. The molecule has 0 atom stereocenters. The Morgan fingerprint density at radius 2 is 0.955 bits per heavy atom. The van der Waals surface area contributed by atoms with Crippen LogP contribution >= 0.6 is 0 Å². The Morgan fingerprint density at radius 1 is 0.364 bits per heavy atom. The number of hydrogen-bond acceptors (Lipinski definition) is 0. The molecule has 0 bridgehead atoms. The SMILES string of the molecule is c1ccc2c(c1)ccc1cccc(-n3c4ccc(-c5ccc6[nH]c7ccccc7c6c5)cc4c4c5ccccc5ccc43)c12. The summed E-state index contributed by atoms with van der Waals surface area (Å²) in [6, 6.07) is 55.6. The summed E-state index contributed by atoms with van der Waals surface area (Å²) in [4.78, 5) is 3.58. The maximum absolute atomic E-state index is 3.58. The maximum Gasteiger partial charge on any atom is 0.0547 e. The lowest BCUT2D eigenvalue weighted by atomic mass is 9.99. The normalized spacial score (nSPS) is 12.1. The Balaban J connectivity index is 1.32. The zero-order chi connectivity index (χ0) is 28.8. The molecule has 0 aliphatic rings. The molecule has 10 aromatic rings. The number of rotatable bonds is 2. The molecule has 8 aromatic carbocycles. The van der Waals surface area contributed by atoms with Crippen molar-refractivity contribution in [2.45, 2.75) is 0 Å². The second-order valence-electron chi connectivity index (χ2n) is 11.8. The summed E-state index contributed by atoms with van der Waals surface area (Å²) in [6.07, 6.45) is 0. The average Bonchev–Trinajstić information content (AvgIpc) is 3.63. The van der Waals surface area contributed by atoms with Crippen LogP contribution in [0.15, 0.2) is 152 Å². The van der Waals surface area contributed by atoms with Gasteiger partial charge >= 0.3 is 0 Å². The lowest BCUT2D eigenvalue weighted by molar-refractivity contribution is 1.20. The van der Waals surface area contributed by atoms with E-state index in [1.165, 1.54) is 92.7 Å². The fourth-order valence-electron chi connectivity index (χ4n) is 7.48. The van der Waals surface area contributed by atoms with Crippen molar-refractivity contribution in [2.24, 2.45) is 0 Å². The van der Waals surface area contributed by atoms with Crippen LogP contribution in [0.25, 0.3) is 92.7 Å². The van der Waals surface area contributed by atoms with Gasteiger partial charge in [-0.2, -0.15) is 0 Å². The molecule has 0 spiro atoms. The Kier molecular flexibility index (Phi) is 4.75. The standard InChI is InChI=1S/C42H26N2/c1-3-11-31-26(8-1)16-17-28-10-7-15-39(41(28)31)44-38-22-20-30(25-35(38)42-32-12-4-2-9-27(32)19-23-40(42)44)29-18-21-37-34(24-29)33-13-5-6-14-36(33)43-37/h1-25,43H. The minimum absolute atomic E-state index is 1.17. The molecule has 2 nitrogen and oxygen atoms in total. The first kappa shape index (κ1) is 23.7. The predicted octanol–water partition coefficient (Wildman–Crippen LogP) is 11.5. The molecule has 0 aliphatic heterocycles. The molecular weight excluding hydrogens is 532 g/mol. The van der Waals surface area contributed by atoms with Crippen molar-refractivity contribution in [3.05, 3.63) is 152 Å². The van der Waals surface area contributed by atoms with Crippen molar-refractivity contribution in [3.8, 4) is 16.8 Å². The number of fused-ring (bicyclic) bond motifs is 11. The highest BCUT2D eigenvalue weighted by molar-refractivity contribution is 6.23. The molecule has 44 heavy (non-hydrogen) atoms. The number of aromatic nitrogens is 2. The van der Waals surface area contributed by atoms with Crippen molar-refractivity contribution >= 4 is 75.9 Å². The minimum Gasteiger partial charge on any atom is -0.355 e. The van der Waals surface area contributed by atoms with Crippen LogP contribution in [0.1, 0.15) is 0 Å². The summed E-state index contributed by atoms with van der Waals surface area (Å²) in [5, 5.41) is 12.7. The van der Waals surface area contributed by atoms with Crippen molar-refractivity contribution in [3.63, 3.8) is 0 Å². The topological polar surface area (TPSA) is 20.7 Å². The summed E-state index contributed by atoms with van der Waals surface area (Å²) in [7, 11) is 0. The molecule has 0 saturated heterocycles. The van der Waals surface area contributed by atoms with Gasteiger partial charge in [-0.15, -0.1) is 0 Å². The van der Waals surface area contributed by atoms with Gasteiger partial charge in [0, 0.05) is 38.0 Å². The van der Waals surface area contributed by atoms with Gasteiger partial charge in [0.2, 0.25) is 0 Å². The van der Waals surface area contributed by atoms with Crippen LogP contribution in [0.2, 0.25) is 0 Å². The van der Waals surface area contributed by atoms with Crippen LogP contribution in [-0.4, -0.2) is 9.55 Å². The van der Waals surface area contributed by atoms with Crippen molar-refractivity contribution < 1.29 is 0 Å². The van der Waals surface area contributed by atoms with E-state index in [1.54, 1.807) is 0 Å². The van der Waals surface area contributed by atoms with Gasteiger partial charge in [0.15, 0.2) is 0 Å². The highest BCUT2D eigenvalue weighted by atomic mass is 15.0. The number of H-pyrrole nitrogens is 1. The van der Waals surface area contributed by atoms with Crippen LogP contribution in [-0.2, 0) is 0 Å². The maximum atomic E-state index is 3.58. The van der Waals surface area contributed by atoms with Crippen LogP contribution in [0.4, 0.5) is 0 Å². The highest BCUT2D eigenvalue weighted by Crippen LogP contribution is 2.41. The molecule has 204 valence electrons. The summed E-state index contributed by atoms with van der Waals surface area (Å²) in [6.45, 7) is 0. The summed E-state index contributed by atoms with van der Waals surface area (Å²) in [5.74, 6) is 0. The predicted molar refractivity (Wildman–Crippen MR) is 188 cm³/mol. The number of aromatic amines is 1. The van der Waals surface area contributed by atoms with Gasteiger partial charge < -0.3 is 9.55 Å². The van der Waals surface area contributed by atoms with E-state index in [2.05, 4.69) is 161 Å². The number of hydrogen-bond donors (Lipinski definition) is 1. The first-order chi connectivity index (χ1) is 21.8. The zero-order valence-electron chi connectivity index (χ0n) is 23.9. The first-order valence-corrected chi connectivity index (χ1v) is 15.2. The van der Waals surface area contributed by atoms with Gasteiger partial charge in [0.25, 0.3) is 0 Å². The second-order valence-corrected chi connectivity index (χ2v) is 11.8. The Bertz CT molecular complexity index is 2780. The van der Waals surface area contributed by atoms with Crippen LogP contribution in [0, 0.1) is 0 Å². The molecule has 0 aliphatic carbocycles.